The van der Waals surface area contributed by atoms with Gasteiger partial charge < -0.3 is 15.7 Å². The van der Waals surface area contributed by atoms with Crippen LogP contribution in [0.2, 0.25) is 0 Å². The fourth-order valence-corrected chi connectivity index (χ4v) is 2.15. The fourth-order valence-electron chi connectivity index (χ4n) is 1.84. The molecule has 0 aromatic heterocycles. The number of hydrogen-bond donors (Lipinski definition) is 3. The van der Waals surface area contributed by atoms with E-state index in [2.05, 4.69) is 10.6 Å². The number of rotatable bonds is 5. The van der Waals surface area contributed by atoms with Gasteiger partial charge in [-0.2, -0.15) is 11.8 Å². The van der Waals surface area contributed by atoms with Crippen molar-refractivity contribution in [3.63, 3.8) is 0 Å². The standard InChI is InChI=1S/C10H18N2O3S/c1-16-5-4-11-10(15)12-8-3-2-7(6-8)9(13)14/h7-8H,2-6H2,1H3,(H,13,14)(H2,11,12,15)/t7-,8+/m1/s1. The number of aliphatic carboxylic acids is 1. The topological polar surface area (TPSA) is 78.4 Å². The normalized spacial score (nSPS) is 24.1. The zero-order chi connectivity index (χ0) is 12.0. The summed E-state index contributed by atoms with van der Waals surface area (Å²) in [6.07, 6.45) is 3.94. The van der Waals surface area contributed by atoms with E-state index in [1.807, 2.05) is 6.26 Å². The van der Waals surface area contributed by atoms with Crippen molar-refractivity contribution in [2.75, 3.05) is 18.6 Å². The van der Waals surface area contributed by atoms with Crippen LogP contribution in [0.1, 0.15) is 19.3 Å². The van der Waals surface area contributed by atoms with E-state index in [9.17, 15) is 9.59 Å². The lowest BCUT2D eigenvalue weighted by Gasteiger charge is -2.13. The summed E-state index contributed by atoms with van der Waals surface area (Å²) in [5.74, 6) is -0.167. The molecule has 1 rings (SSSR count). The highest BCUT2D eigenvalue weighted by Gasteiger charge is 2.30. The van der Waals surface area contributed by atoms with Gasteiger partial charge in [-0.25, -0.2) is 4.79 Å². The number of nitrogens with one attached hydrogen (secondary N) is 2. The third-order valence-electron chi connectivity index (χ3n) is 2.71. The van der Waals surface area contributed by atoms with Gasteiger partial charge in [-0.05, 0) is 25.5 Å². The lowest BCUT2D eigenvalue weighted by molar-refractivity contribution is -0.141. The van der Waals surface area contributed by atoms with Crippen LogP contribution < -0.4 is 10.6 Å². The summed E-state index contributed by atoms with van der Waals surface area (Å²) in [4.78, 5) is 22.1. The fraction of sp³-hybridized carbons (Fsp3) is 0.800. The second kappa shape index (κ2) is 6.62. The molecular formula is C10H18N2O3S. The third-order valence-corrected chi connectivity index (χ3v) is 3.32. The van der Waals surface area contributed by atoms with Crippen LogP contribution in [0, 0.1) is 5.92 Å². The molecule has 16 heavy (non-hydrogen) atoms. The molecule has 1 saturated carbocycles. The van der Waals surface area contributed by atoms with Crippen LogP contribution in [-0.2, 0) is 4.79 Å². The summed E-state index contributed by atoms with van der Waals surface area (Å²) >= 11 is 1.67. The van der Waals surface area contributed by atoms with E-state index in [0.29, 0.717) is 19.4 Å². The van der Waals surface area contributed by atoms with E-state index < -0.39 is 5.97 Å². The first-order chi connectivity index (χ1) is 7.63. The van der Waals surface area contributed by atoms with Crippen molar-refractivity contribution in [3.05, 3.63) is 0 Å². The molecule has 5 nitrogen and oxygen atoms in total. The number of carbonyl (C=O) groups is 2. The molecule has 92 valence electrons. The number of amides is 2. The lowest BCUT2D eigenvalue weighted by atomic mass is 10.1. The van der Waals surface area contributed by atoms with Crippen molar-refractivity contribution >= 4 is 23.8 Å². The van der Waals surface area contributed by atoms with Gasteiger partial charge >= 0.3 is 12.0 Å². The van der Waals surface area contributed by atoms with Gasteiger partial charge in [-0.15, -0.1) is 0 Å². The Labute approximate surface area is 99.4 Å². The monoisotopic (exact) mass is 246 g/mol. The first-order valence-corrected chi connectivity index (χ1v) is 6.79. The smallest absolute Gasteiger partial charge is 0.315 e. The van der Waals surface area contributed by atoms with E-state index in [1.165, 1.54) is 0 Å². The second-order valence-electron chi connectivity index (χ2n) is 3.94. The highest BCUT2D eigenvalue weighted by Crippen LogP contribution is 2.25. The number of hydrogen-bond acceptors (Lipinski definition) is 3. The second-order valence-corrected chi connectivity index (χ2v) is 4.92. The summed E-state index contributed by atoms with van der Waals surface area (Å²) in [6, 6.07) is -0.180. The van der Waals surface area contributed by atoms with Gasteiger partial charge in [0, 0.05) is 18.3 Å². The van der Waals surface area contributed by atoms with Crippen LogP contribution in [0.25, 0.3) is 0 Å². The summed E-state index contributed by atoms with van der Waals surface area (Å²) in [5.41, 5.74) is 0. The zero-order valence-corrected chi connectivity index (χ0v) is 10.2. The first kappa shape index (κ1) is 13.2. The lowest BCUT2D eigenvalue weighted by Crippen LogP contribution is -2.41. The summed E-state index contributed by atoms with van der Waals surface area (Å²) in [7, 11) is 0. The molecule has 1 aliphatic rings. The average Bonchev–Trinajstić information content (AvgIpc) is 2.66. The molecule has 0 bridgehead atoms. The Morgan fingerprint density at radius 2 is 2.19 bits per heavy atom. The predicted octanol–water partition coefficient (Wildman–Crippen LogP) is 0.902. The van der Waals surface area contributed by atoms with E-state index in [-0.39, 0.29) is 18.0 Å². The number of carboxylic acid groups (broad SMARTS) is 1. The summed E-state index contributed by atoms with van der Waals surface area (Å²) in [5, 5.41) is 14.3. The maximum Gasteiger partial charge on any atom is 0.315 e. The van der Waals surface area contributed by atoms with Crippen molar-refractivity contribution in [1.82, 2.24) is 10.6 Å². The SMILES string of the molecule is CSCCNC(=O)N[C@H]1CC[C@@H](C(=O)O)C1. The minimum Gasteiger partial charge on any atom is -0.481 e. The highest BCUT2D eigenvalue weighted by atomic mass is 32.2. The van der Waals surface area contributed by atoms with Crippen LogP contribution in [0.4, 0.5) is 4.79 Å². The molecule has 2 amide bonds. The predicted molar refractivity (Wildman–Crippen MR) is 63.7 cm³/mol. The van der Waals surface area contributed by atoms with Gasteiger partial charge in [0.1, 0.15) is 0 Å². The van der Waals surface area contributed by atoms with Gasteiger partial charge in [-0.3, -0.25) is 4.79 Å². The van der Waals surface area contributed by atoms with Crippen molar-refractivity contribution in [3.8, 4) is 0 Å². The van der Waals surface area contributed by atoms with Gasteiger partial charge in [0.2, 0.25) is 0 Å². The van der Waals surface area contributed by atoms with Gasteiger partial charge in [-0.1, -0.05) is 0 Å². The Balaban J connectivity index is 2.18. The van der Waals surface area contributed by atoms with E-state index in [4.69, 9.17) is 5.11 Å². The molecule has 6 heteroatoms. The van der Waals surface area contributed by atoms with E-state index >= 15 is 0 Å². The number of carbonyl (C=O) groups excluding carboxylic acids is 1. The molecule has 0 unspecified atom stereocenters. The van der Waals surface area contributed by atoms with Gasteiger partial charge in [0.25, 0.3) is 0 Å². The van der Waals surface area contributed by atoms with Crippen molar-refractivity contribution < 1.29 is 14.7 Å². The molecule has 0 aliphatic heterocycles. The Bertz CT molecular complexity index is 260. The van der Waals surface area contributed by atoms with E-state index in [0.717, 1.165) is 12.2 Å². The molecule has 2 atom stereocenters. The largest absolute Gasteiger partial charge is 0.481 e. The molecule has 1 aliphatic carbocycles. The molecule has 0 aromatic carbocycles. The molecule has 0 aromatic rings. The Morgan fingerprint density at radius 3 is 2.75 bits per heavy atom. The van der Waals surface area contributed by atoms with Crippen LogP contribution in [-0.4, -0.2) is 41.7 Å². The van der Waals surface area contributed by atoms with Crippen molar-refractivity contribution in [2.24, 2.45) is 5.92 Å². The Hall–Kier alpha value is -0.910. The molecule has 0 heterocycles. The molecule has 3 N–H and O–H groups in total. The number of thioether (sulfide) groups is 1. The summed E-state index contributed by atoms with van der Waals surface area (Å²) in [6.45, 7) is 0.641. The molecular weight excluding hydrogens is 228 g/mol. The maximum atomic E-state index is 11.4. The van der Waals surface area contributed by atoms with Crippen LogP contribution >= 0.6 is 11.8 Å². The van der Waals surface area contributed by atoms with Gasteiger partial charge in [0.05, 0.1) is 5.92 Å². The third kappa shape index (κ3) is 4.30. The summed E-state index contributed by atoms with van der Waals surface area (Å²) < 4.78 is 0. The highest BCUT2D eigenvalue weighted by molar-refractivity contribution is 7.98. The minimum atomic E-state index is -0.757. The minimum absolute atomic E-state index is 0.00961. The van der Waals surface area contributed by atoms with Crippen LogP contribution in [0.15, 0.2) is 0 Å². The van der Waals surface area contributed by atoms with Crippen molar-refractivity contribution in [1.29, 1.82) is 0 Å². The molecule has 1 fully saturated rings. The first-order valence-electron chi connectivity index (χ1n) is 5.39. The van der Waals surface area contributed by atoms with Crippen molar-refractivity contribution in [2.45, 2.75) is 25.3 Å². The Morgan fingerprint density at radius 1 is 1.44 bits per heavy atom. The van der Waals surface area contributed by atoms with Crippen LogP contribution in [0.3, 0.4) is 0 Å². The zero-order valence-electron chi connectivity index (χ0n) is 9.36. The number of carboxylic acids is 1. The average molecular weight is 246 g/mol. The van der Waals surface area contributed by atoms with Crippen LogP contribution in [0.5, 0.6) is 0 Å². The quantitative estimate of drug-likeness (QED) is 0.630. The Kier molecular flexibility index (Phi) is 5.45. The molecule has 0 radical (unpaired) electrons. The van der Waals surface area contributed by atoms with Gasteiger partial charge in [0.15, 0.2) is 0 Å². The molecule has 0 saturated heterocycles. The maximum absolute atomic E-state index is 11.4. The van der Waals surface area contributed by atoms with E-state index in [1.54, 1.807) is 11.8 Å². The molecule has 0 spiro atoms. The number of urea groups is 1.